The molecule has 1 aromatic heterocycles. The Morgan fingerprint density at radius 2 is 2.00 bits per heavy atom. The van der Waals surface area contributed by atoms with E-state index in [0.29, 0.717) is 6.07 Å². The predicted molar refractivity (Wildman–Crippen MR) is 68.3 cm³/mol. The molecule has 1 amide bonds. The average Bonchev–Trinajstić information content (AvgIpc) is 2.28. The number of H-pyrrole nitrogens is 1. The Morgan fingerprint density at radius 3 is 2.42 bits per heavy atom. The first-order chi connectivity index (χ1) is 8.74. The summed E-state index contributed by atoms with van der Waals surface area (Å²) in [4.78, 5) is 26.7. The first-order valence-electron chi connectivity index (χ1n) is 5.33. The minimum absolute atomic E-state index is 0.236. The van der Waals surface area contributed by atoms with Gasteiger partial charge in [0.1, 0.15) is 0 Å². The van der Waals surface area contributed by atoms with Gasteiger partial charge in [0, 0.05) is 6.07 Å². The van der Waals surface area contributed by atoms with Crippen molar-refractivity contribution in [3.63, 3.8) is 0 Å². The molecule has 0 bridgehead atoms. The number of carbonyl (C=O) groups excluding carboxylic acids is 1. The van der Waals surface area contributed by atoms with E-state index in [4.69, 9.17) is 0 Å². The van der Waals surface area contributed by atoms with Crippen LogP contribution < -0.4 is 10.9 Å². The van der Waals surface area contributed by atoms with Gasteiger partial charge < -0.3 is 0 Å². The molecule has 0 aliphatic carbocycles. The molecule has 0 aliphatic heterocycles. The van der Waals surface area contributed by atoms with Gasteiger partial charge in [-0.1, -0.05) is 20.3 Å². The van der Waals surface area contributed by atoms with Gasteiger partial charge in [0.05, 0.1) is 5.75 Å². The van der Waals surface area contributed by atoms with Crippen LogP contribution in [-0.4, -0.2) is 21.6 Å². The largest absolute Gasteiger partial charge is 0.433 e. The third kappa shape index (κ3) is 6.85. The van der Waals surface area contributed by atoms with Crippen molar-refractivity contribution >= 4 is 24.5 Å². The predicted octanol–water partition coefficient (Wildman–Crippen LogP) is 2.07. The van der Waals surface area contributed by atoms with Crippen molar-refractivity contribution in [3.05, 3.63) is 22.1 Å². The lowest BCUT2D eigenvalue weighted by Crippen LogP contribution is -2.22. The van der Waals surface area contributed by atoms with Crippen LogP contribution in [0, 0.1) is 0 Å². The van der Waals surface area contributed by atoms with Crippen molar-refractivity contribution in [3.8, 4) is 0 Å². The molecule has 1 heterocycles. The molecule has 0 spiro atoms. The lowest BCUT2D eigenvalue weighted by molar-refractivity contribution is -0.141. The molecular formula is C10H14F3N3O2S. The Bertz CT molecular complexity index is 474. The van der Waals surface area contributed by atoms with Crippen LogP contribution in [0.5, 0.6) is 0 Å². The fraction of sp³-hybridized carbons (Fsp3) is 0.500. The second-order valence-electron chi connectivity index (χ2n) is 3.39. The summed E-state index contributed by atoms with van der Waals surface area (Å²) < 4.78 is 36.7. The summed E-state index contributed by atoms with van der Waals surface area (Å²) >= 11 is 3.60. The molecule has 1 aromatic rings. The number of carbonyl (C=O) groups is 1. The van der Waals surface area contributed by atoms with Crippen molar-refractivity contribution in [1.29, 1.82) is 0 Å². The Kier molecular flexibility index (Phi) is 7.20. The molecule has 0 atom stereocenters. The van der Waals surface area contributed by atoms with Gasteiger partial charge in [0.15, 0.2) is 5.69 Å². The lowest BCUT2D eigenvalue weighted by Gasteiger charge is -2.07. The number of thiol groups is 1. The summed E-state index contributed by atoms with van der Waals surface area (Å²) in [6, 6.07) is 0.302. The topological polar surface area (TPSA) is 74.8 Å². The molecule has 0 fully saturated rings. The van der Waals surface area contributed by atoms with Crippen molar-refractivity contribution in [2.24, 2.45) is 0 Å². The number of hydrogen-bond acceptors (Lipinski definition) is 4. The van der Waals surface area contributed by atoms with Crippen LogP contribution in [0.15, 0.2) is 10.9 Å². The summed E-state index contributed by atoms with van der Waals surface area (Å²) in [5.74, 6) is -1.47. The number of alkyl halides is 3. The van der Waals surface area contributed by atoms with Crippen molar-refractivity contribution < 1.29 is 18.0 Å². The second-order valence-corrected chi connectivity index (χ2v) is 3.71. The number of hydrogen-bond donors (Lipinski definition) is 3. The SMILES string of the molecule is CCC.O=C(CS)Nc1nc(C(F)(F)F)cc(=O)[nH]1. The molecule has 1 rings (SSSR count). The van der Waals surface area contributed by atoms with Gasteiger partial charge in [-0.2, -0.15) is 25.8 Å². The zero-order valence-electron chi connectivity index (χ0n) is 10.3. The van der Waals surface area contributed by atoms with Crippen LogP contribution in [0.4, 0.5) is 19.1 Å². The maximum absolute atomic E-state index is 12.2. The first kappa shape index (κ1) is 17.5. The van der Waals surface area contributed by atoms with E-state index >= 15 is 0 Å². The fourth-order valence-electron chi connectivity index (χ4n) is 0.834. The third-order valence-electron chi connectivity index (χ3n) is 1.43. The van der Waals surface area contributed by atoms with Crippen LogP contribution in [0.3, 0.4) is 0 Å². The fourth-order valence-corrected chi connectivity index (χ4v) is 0.913. The maximum Gasteiger partial charge on any atom is 0.433 e. The van der Waals surface area contributed by atoms with Gasteiger partial charge in [-0.05, 0) is 0 Å². The zero-order valence-corrected chi connectivity index (χ0v) is 11.2. The highest BCUT2D eigenvalue weighted by Crippen LogP contribution is 2.26. The van der Waals surface area contributed by atoms with Crippen molar-refractivity contribution in [1.82, 2.24) is 9.97 Å². The van der Waals surface area contributed by atoms with Crippen LogP contribution in [-0.2, 0) is 11.0 Å². The normalized spacial score (nSPS) is 10.4. The van der Waals surface area contributed by atoms with E-state index in [-0.39, 0.29) is 5.75 Å². The molecule has 2 N–H and O–H groups in total. The van der Waals surface area contributed by atoms with Gasteiger partial charge in [0.25, 0.3) is 5.56 Å². The summed E-state index contributed by atoms with van der Waals surface area (Å²) in [6.07, 6.45) is -3.49. The number of amides is 1. The van der Waals surface area contributed by atoms with Crippen LogP contribution >= 0.6 is 12.6 Å². The van der Waals surface area contributed by atoms with Crippen LogP contribution in [0.25, 0.3) is 0 Å². The van der Waals surface area contributed by atoms with Gasteiger partial charge in [-0.25, -0.2) is 4.98 Å². The lowest BCUT2D eigenvalue weighted by atomic mass is 10.4. The molecule has 0 aromatic carbocycles. The Labute approximate surface area is 113 Å². The molecule has 0 unspecified atom stereocenters. The first-order valence-corrected chi connectivity index (χ1v) is 5.97. The number of aromatic amines is 1. The van der Waals surface area contributed by atoms with E-state index in [0.717, 1.165) is 0 Å². The Balaban J connectivity index is 0.000000982. The standard InChI is InChI=1S/C7H6F3N3O2S.C3H8/c8-7(9,10)3-1-4(14)12-6(11-3)13-5(15)2-16;1-3-2/h1,16H,2H2,(H2,11,12,13,14,15);3H2,1-2H3. The summed E-state index contributed by atoms with van der Waals surface area (Å²) in [7, 11) is 0. The number of aromatic nitrogens is 2. The number of anilines is 1. The zero-order chi connectivity index (χ0) is 15.1. The van der Waals surface area contributed by atoms with E-state index in [1.165, 1.54) is 6.42 Å². The second kappa shape index (κ2) is 7.82. The van der Waals surface area contributed by atoms with Crippen LogP contribution in [0.1, 0.15) is 26.0 Å². The molecule has 0 saturated carbocycles. The third-order valence-corrected chi connectivity index (χ3v) is 1.72. The number of nitrogens with one attached hydrogen (secondary N) is 2. The molecule has 19 heavy (non-hydrogen) atoms. The number of rotatable bonds is 2. The van der Waals surface area contributed by atoms with E-state index in [1.807, 2.05) is 10.3 Å². The van der Waals surface area contributed by atoms with E-state index < -0.39 is 29.3 Å². The highest BCUT2D eigenvalue weighted by Gasteiger charge is 2.33. The Hall–Kier alpha value is -1.51. The van der Waals surface area contributed by atoms with E-state index in [2.05, 4.69) is 31.5 Å². The maximum atomic E-state index is 12.2. The highest BCUT2D eigenvalue weighted by atomic mass is 32.1. The minimum Gasteiger partial charge on any atom is -0.295 e. The smallest absolute Gasteiger partial charge is 0.295 e. The van der Waals surface area contributed by atoms with Gasteiger partial charge in [-0.3, -0.25) is 19.9 Å². The van der Waals surface area contributed by atoms with Gasteiger partial charge >= 0.3 is 6.18 Å². The average molecular weight is 297 g/mol. The monoisotopic (exact) mass is 297 g/mol. The quantitative estimate of drug-likeness (QED) is 0.732. The molecule has 0 saturated heterocycles. The van der Waals surface area contributed by atoms with E-state index in [9.17, 15) is 22.8 Å². The van der Waals surface area contributed by atoms with Gasteiger partial charge in [-0.15, -0.1) is 0 Å². The number of nitrogens with zero attached hydrogens (tertiary/aromatic N) is 1. The van der Waals surface area contributed by atoms with Crippen molar-refractivity contribution in [2.45, 2.75) is 26.4 Å². The molecule has 9 heteroatoms. The molecule has 0 aliphatic rings. The summed E-state index contributed by atoms with van der Waals surface area (Å²) in [5, 5.41) is 1.96. The minimum atomic E-state index is -4.74. The highest BCUT2D eigenvalue weighted by molar-refractivity contribution is 7.81. The Morgan fingerprint density at radius 1 is 1.47 bits per heavy atom. The molecule has 108 valence electrons. The molecular weight excluding hydrogens is 283 g/mol. The summed E-state index contributed by atoms with van der Waals surface area (Å²) in [5.41, 5.74) is -2.37. The van der Waals surface area contributed by atoms with Gasteiger partial charge in [0.2, 0.25) is 11.9 Å². The summed E-state index contributed by atoms with van der Waals surface area (Å²) in [6.45, 7) is 4.25. The molecule has 5 nitrogen and oxygen atoms in total. The van der Waals surface area contributed by atoms with Crippen molar-refractivity contribution in [2.75, 3.05) is 11.1 Å². The van der Waals surface area contributed by atoms with E-state index in [1.54, 1.807) is 0 Å². The van der Waals surface area contributed by atoms with Crippen LogP contribution in [0.2, 0.25) is 0 Å². The molecule has 0 radical (unpaired) electrons. The number of halogens is 3.